The summed E-state index contributed by atoms with van der Waals surface area (Å²) in [6.45, 7) is 10.5. The fourth-order valence-electron chi connectivity index (χ4n) is 4.13. The van der Waals surface area contributed by atoms with Crippen molar-refractivity contribution in [3.05, 3.63) is 63.8 Å². The maximum Gasteiger partial charge on any atom is 0.278 e. The van der Waals surface area contributed by atoms with Crippen LogP contribution in [0.5, 0.6) is 0 Å². The summed E-state index contributed by atoms with van der Waals surface area (Å²) in [5.74, 6) is 0.840. The van der Waals surface area contributed by atoms with Crippen LogP contribution in [0.2, 0.25) is 0 Å². The van der Waals surface area contributed by atoms with Gasteiger partial charge in [-0.3, -0.25) is 4.79 Å². The number of rotatable bonds is 4. The molecule has 9 nitrogen and oxygen atoms in total. The number of nitrogens with one attached hydrogen (secondary N) is 2. The highest BCUT2D eigenvalue weighted by atomic mass is 16.1. The van der Waals surface area contributed by atoms with E-state index in [1.165, 1.54) is 11.1 Å². The molecule has 0 aliphatic carbocycles. The fourth-order valence-corrected chi connectivity index (χ4v) is 4.13. The molecule has 0 unspecified atom stereocenters. The van der Waals surface area contributed by atoms with Gasteiger partial charge < -0.3 is 10.6 Å². The van der Waals surface area contributed by atoms with Crippen LogP contribution in [-0.2, 0) is 24.9 Å². The molecule has 0 saturated heterocycles. The van der Waals surface area contributed by atoms with Gasteiger partial charge in [-0.1, -0.05) is 26.8 Å². The van der Waals surface area contributed by atoms with Crippen molar-refractivity contribution in [2.75, 3.05) is 11.9 Å². The Morgan fingerprint density at radius 2 is 1.97 bits per heavy atom. The van der Waals surface area contributed by atoms with E-state index in [0.29, 0.717) is 29.5 Å². The zero-order valence-electron chi connectivity index (χ0n) is 19.4. The van der Waals surface area contributed by atoms with Gasteiger partial charge in [0.15, 0.2) is 5.65 Å². The molecule has 0 saturated carbocycles. The van der Waals surface area contributed by atoms with Gasteiger partial charge in [0.25, 0.3) is 11.5 Å². The molecule has 3 aromatic heterocycles. The van der Waals surface area contributed by atoms with Crippen molar-refractivity contribution in [1.29, 1.82) is 0 Å². The van der Waals surface area contributed by atoms with Crippen molar-refractivity contribution in [3.8, 4) is 5.95 Å². The summed E-state index contributed by atoms with van der Waals surface area (Å²) >= 11 is 0. The van der Waals surface area contributed by atoms with Crippen molar-refractivity contribution in [2.24, 2.45) is 0 Å². The van der Waals surface area contributed by atoms with Crippen molar-refractivity contribution in [1.82, 2.24) is 34.6 Å². The summed E-state index contributed by atoms with van der Waals surface area (Å²) < 4.78 is 3.29. The van der Waals surface area contributed by atoms with E-state index in [9.17, 15) is 4.79 Å². The Morgan fingerprint density at radius 1 is 1.12 bits per heavy atom. The number of benzene rings is 1. The van der Waals surface area contributed by atoms with E-state index in [1.807, 2.05) is 19.1 Å². The van der Waals surface area contributed by atoms with Crippen LogP contribution in [0.1, 0.15) is 44.5 Å². The number of hydrogen-bond donors (Lipinski definition) is 2. The van der Waals surface area contributed by atoms with Gasteiger partial charge in [0.2, 0.25) is 5.95 Å². The topological polar surface area (TPSA) is 103 Å². The number of fused-ring (bicyclic) bond motifs is 2. The van der Waals surface area contributed by atoms with Gasteiger partial charge in [-0.2, -0.15) is 9.67 Å². The Morgan fingerprint density at radius 3 is 2.76 bits per heavy atom. The Kier molecular flexibility index (Phi) is 5.20. The lowest BCUT2D eigenvalue weighted by Crippen LogP contribution is -2.23. The Balaban J connectivity index is 1.60. The summed E-state index contributed by atoms with van der Waals surface area (Å²) in [6.07, 6.45) is 4.29. The monoisotopic (exact) mass is 444 g/mol. The van der Waals surface area contributed by atoms with Crippen molar-refractivity contribution in [3.63, 3.8) is 0 Å². The van der Waals surface area contributed by atoms with Crippen molar-refractivity contribution < 1.29 is 0 Å². The molecule has 1 aromatic carbocycles. The van der Waals surface area contributed by atoms with Crippen LogP contribution >= 0.6 is 0 Å². The molecule has 0 radical (unpaired) electrons. The minimum atomic E-state index is -0.162. The summed E-state index contributed by atoms with van der Waals surface area (Å²) in [6, 6.07) is 8.19. The number of nitrogens with zero attached hydrogens (tertiary/aromatic N) is 6. The first-order valence-corrected chi connectivity index (χ1v) is 11.3. The predicted molar refractivity (Wildman–Crippen MR) is 128 cm³/mol. The predicted octanol–water partition coefficient (Wildman–Crippen LogP) is 3.08. The number of aromatic nitrogens is 6. The second-order valence-electron chi connectivity index (χ2n) is 9.29. The van der Waals surface area contributed by atoms with Gasteiger partial charge in [-0.25, -0.2) is 19.6 Å². The van der Waals surface area contributed by atoms with Crippen LogP contribution < -0.4 is 16.2 Å². The van der Waals surface area contributed by atoms with E-state index in [1.54, 1.807) is 21.8 Å². The third-order valence-corrected chi connectivity index (χ3v) is 5.92. The Hall–Kier alpha value is -3.59. The fraction of sp³-hybridized carbons (Fsp3) is 0.375. The van der Waals surface area contributed by atoms with E-state index in [2.05, 4.69) is 53.5 Å². The standard InChI is InChI=1S/C24H28N8O/c1-5-31-21(33)18-14-27-22(28-17-7-6-16-13-25-10-8-15(16)12-17)30-20(18)32(31)23-26-11-9-19(29-23)24(2,3)4/h6-7,9,11-12,14,25H,5,8,10,13H2,1-4H3,(H,27,28,30). The van der Waals surface area contributed by atoms with Crippen molar-refractivity contribution in [2.45, 2.75) is 52.6 Å². The molecule has 5 rings (SSSR count). The zero-order chi connectivity index (χ0) is 23.2. The Bertz CT molecular complexity index is 1400. The molecule has 9 heteroatoms. The third kappa shape index (κ3) is 3.89. The van der Waals surface area contributed by atoms with Gasteiger partial charge in [0.05, 0.1) is 5.69 Å². The van der Waals surface area contributed by atoms with Gasteiger partial charge in [0, 0.05) is 36.6 Å². The van der Waals surface area contributed by atoms with Crippen LogP contribution in [-0.4, -0.2) is 35.8 Å². The van der Waals surface area contributed by atoms with Crippen LogP contribution in [0.25, 0.3) is 17.0 Å². The molecule has 0 bridgehead atoms. The highest BCUT2D eigenvalue weighted by molar-refractivity contribution is 5.76. The SMILES string of the molecule is CCn1c(=O)c2cnc(Nc3ccc4c(c3)CCNC4)nc2n1-c1nccc(C(C)(C)C)n1. The lowest BCUT2D eigenvalue weighted by Gasteiger charge is -2.18. The van der Waals surface area contributed by atoms with Crippen molar-refractivity contribution >= 4 is 22.7 Å². The van der Waals surface area contributed by atoms with E-state index in [0.717, 1.165) is 30.9 Å². The second kappa shape index (κ2) is 8.08. The van der Waals surface area contributed by atoms with Gasteiger partial charge in [-0.15, -0.1) is 0 Å². The number of anilines is 2. The molecule has 0 spiro atoms. The highest BCUT2D eigenvalue weighted by Crippen LogP contribution is 2.23. The summed E-state index contributed by atoms with van der Waals surface area (Å²) in [5, 5.41) is 7.12. The minimum Gasteiger partial charge on any atom is -0.324 e. The molecule has 2 N–H and O–H groups in total. The molecule has 170 valence electrons. The lowest BCUT2D eigenvalue weighted by molar-refractivity contribution is 0.536. The summed E-state index contributed by atoms with van der Waals surface area (Å²) in [7, 11) is 0. The molecule has 1 aliphatic rings. The molecule has 1 aliphatic heterocycles. The third-order valence-electron chi connectivity index (χ3n) is 5.92. The van der Waals surface area contributed by atoms with Crippen LogP contribution in [0, 0.1) is 0 Å². The van der Waals surface area contributed by atoms with Crippen LogP contribution in [0.4, 0.5) is 11.6 Å². The van der Waals surface area contributed by atoms with E-state index in [-0.39, 0.29) is 11.0 Å². The molecule has 0 amide bonds. The van der Waals surface area contributed by atoms with E-state index in [4.69, 9.17) is 9.97 Å². The molecule has 4 heterocycles. The van der Waals surface area contributed by atoms with Gasteiger partial charge in [-0.05, 0) is 49.2 Å². The molecule has 0 atom stereocenters. The lowest BCUT2D eigenvalue weighted by atomic mass is 9.92. The van der Waals surface area contributed by atoms with E-state index < -0.39 is 0 Å². The highest BCUT2D eigenvalue weighted by Gasteiger charge is 2.21. The van der Waals surface area contributed by atoms with Gasteiger partial charge >= 0.3 is 0 Å². The molecular weight excluding hydrogens is 416 g/mol. The zero-order valence-corrected chi connectivity index (χ0v) is 19.4. The molecule has 0 fully saturated rings. The van der Waals surface area contributed by atoms with Gasteiger partial charge in [0.1, 0.15) is 5.39 Å². The smallest absolute Gasteiger partial charge is 0.278 e. The normalized spacial score (nSPS) is 13.8. The quantitative estimate of drug-likeness (QED) is 0.499. The second-order valence-corrected chi connectivity index (χ2v) is 9.29. The average molecular weight is 445 g/mol. The number of hydrogen-bond acceptors (Lipinski definition) is 7. The van der Waals surface area contributed by atoms with E-state index >= 15 is 0 Å². The Labute approximate surface area is 191 Å². The first-order chi connectivity index (χ1) is 15.8. The summed E-state index contributed by atoms with van der Waals surface area (Å²) in [5.41, 5.74) is 4.61. The summed E-state index contributed by atoms with van der Waals surface area (Å²) in [4.78, 5) is 31.4. The first kappa shape index (κ1) is 21.3. The van der Waals surface area contributed by atoms with Crippen LogP contribution in [0.3, 0.4) is 0 Å². The molecule has 4 aromatic rings. The minimum absolute atomic E-state index is 0.151. The first-order valence-electron chi connectivity index (χ1n) is 11.3. The average Bonchev–Trinajstić information content (AvgIpc) is 3.09. The maximum atomic E-state index is 13.0. The molecular formula is C24H28N8O. The largest absolute Gasteiger partial charge is 0.324 e. The van der Waals surface area contributed by atoms with Crippen LogP contribution in [0.15, 0.2) is 41.5 Å². The molecule has 33 heavy (non-hydrogen) atoms. The maximum absolute atomic E-state index is 13.0.